The minimum absolute atomic E-state index is 0.0157. The molecule has 0 aromatic carbocycles. The van der Waals surface area contributed by atoms with Crippen LogP contribution in [-0.2, 0) is 0 Å². The van der Waals surface area contributed by atoms with E-state index in [9.17, 15) is 5.11 Å². The van der Waals surface area contributed by atoms with Gasteiger partial charge in [-0.3, -0.25) is 0 Å². The number of hydrogen-bond acceptors (Lipinski definition) is 1. The molecule has 4 atom stereocenters. The summed E-state index contributed by atoms with van der Waals surface area (Å²) in [7, 11) is 0. The van der Waals surface area contributed by atoms with Crippen molar-refractivity contribution in [1.29, 1.82) is 0 Å². The van der Waals surface area contributed by atoms with E-state index in [0.29, 0.717) is 11.3 Å². The topological polar surface area (TPSA) is 20.2 Å². The summed E-state index contributed by atoms with van der Waals surface area (Å²) in [5.41, 5.74) is 0.547. The Bertz CT molecular complexity index is 156. The van der Waals surface area contributed by atoms with E-state index in [-0.39, 0.29) is 6.10 Å². The molecule has 2 saturated carbocycles. The van der Waals surface area contributed by atoms with E-state index in [4.69, 9.17) is 0 Å². The molecule has 0 aliphatic heterocycles. The molecule has 0 heterocycles. The van der Waals surface area contributed by atoms with Gasteiger partial charge in [0.1, 0.15) is 0 Å². The maximum Gasteiger partial charge on any atom is 0.0568 e. The Labute approximate surface area is 68.8 Å². The van der Waals surface area contributed by atoms with E-state index in [0.717, 1.165) is 18.3 Å². The summed E-state index contributed by atoms with van der Waals surface area (Å²) in [6.45, 7) is 6.86. The van der Waals surface area contributed by atoms with Gasteiger partial charge in [-0.05, 0) is 36.0 Å². The van der Waals surface area contributed by atoms with Crippen LogP contribution in [0.5, 0.6) is 0 Å². The van der Waals surface area contributed by atoms with Crippen molar-refractivity contribution >= 4 is 0 Å². The highest BCUT2D eigenvalue weighted by molar-refractivity contribution is 5.08. The molecule has 1 heteroatoms. The van der Waals surface area contributed by atoms with Crippen LogP contribution in [0.25, 0.3) is 0 Å². The molecule has 2 rings (SSSR count). The van der Waals surface area contributed by atoms with Gasteiger partial charge in [0.2, 0.25) is 0 Å². The summed E-state index contributed by atoms with van der Waals surface area (Å²) in [5.74, 6) is 2.28. The highest BCUT2D eigenvalue weighted by Gasteiger charge is 2.60. The highest BCUT2D eigenvalue weighted by atomic mass is 16.3. The lowest BCUT2D eigenvalue weighted by molar-refractivity contribution is 0.0745. The third-order valence-electron chi connectivity index (χ3n) is 4.07. The molecule has 2 aliphatic rings. The second-order valence-electron chi connectivity index (χ2n) is 5.05. The van der Waals surface area contributed by atoms with Crippen LogP contribution in [0.2, 0.25) is 0 Å². The number of rotatable bonds is 0. The Hall–Kier alpha value is -0.0400. The van der Waals surface area contributed by atoms with E-state index >= 15 is 0 Å². The molecule has 0 saturated heterocycles. The predicted octanol–water partition coefficient (Wildman–Crippen LogP) is 2.05. The molecule has 1 nitrogen and oxygen atoms in total. The Kier molecular flexibility index (Phi) is 1.39. The normalized spacial score (nSPS) is 53.5. The first-order valence-electron chi connectivity index (χ1n) is 4.71. The first-order valence-corrected chi connectivity index (χ1v) is 4.71. The number of hydrogen-bond donors (Lipinski definition) is 1. The van der Waals surface area contributed by atoms with Crippen molar-refractivity contribution in [3.05, 3.63) is 0 Å². The van der Waals surface area contributed by atoms with E-state index in [1.807, 2.05) is 0 Å². The maximum atomic E-state index is 9.61. The minimum Gasteiger partial charge on any atom is -0.393 e. The smallest absolute Gasteiger partial charge is 0.0568 e. The number of aliphatic hydroxyl groups excluding tert-OH is 1. The van der Waals surface area contributed by atoms with Crippen LogP contribution < -0.4 is 0 Å². The first-order chi connectivity index (χ1) is 5.03. The largest absolute Gasteiger partial charge is 0.393 e. The van der Waals surface area contributed by atoms with Gasteiger partial charge in [0.05, 0.1) is 6.10 Å². The molecule has 0 bridgehead atoms. The zero-order valence-electron chi connectivity index (χ0n) is 7.67. The number of aliphatic hydroxyl groups is 1. The Morgan fingerprint density at radius 2 is 1.73 bits per heavy atom. The summed E-state index contributed by atoms with van der Waals surface area (Å²) in [4.78, 5) is 0. The summed E-state index contributed by atoms with van der Waals surface area (Å²) in [5, 5.41) is 9.61. The summed E-state index contributed by atoms with van der Waals surface area (Å²) in [6.07, 6.45) is 2.29. The maximum absolute atomic E-state index is 9.61. The van der Waals surface area contributed by atoms with Crippen LogP contribution in [0.4, 0.5) is 0 Å². The van der Waals surface area contributed by atoms with Crippen LogP contribution in [0.1, 0.15) is 33.6 Å². The third kappa shape index (κ3) is 0.936. The lowest BCUT2D eigenvalue weighted by Gasteiger charge is -2.22. The minimum atomic E-state index is -0.0157. The Morgan fingerprint density at radius 1 is 1.18 bits per heavy atom. The van der Waals surface area contributed by atoms with Gasteiger partial charge in [0.25, 0.3) is 0 Å². The molecule has 0 spiro atoms. The van der Waals surface area contributed by atoms with Crippen molar-refractivity contribution in [2.45, 2.75) is 39.7 Å². The summed E-state index contributed by atoms with van der Waals surface area (Å²) < 4.78 is 0. The average molecular weight is 154 g/mol. The van der Waals surface area contributed by atoms with Gasteiger partial charge in [-0.1, -0.05) is 20.8 Å². The van der Waals surface area contributed by atoms with E-state index in [1.165, 1.54) is 6.42 Å². The molecule has 0 aromatic rings. The van der Waals surface area contributed by atoms with Crippen molar-refractivity contribution in [3.8, 4) is 0 Å². The van der Waals surface area contributed by atoms with Crippen molar-refractivity contribution in [3.63, 3.8) is 0 Å². The van der Waals surface area contributed by atoms with Crippen molar-refractivity contribution < 1.29 is 5.11 Å². The van der Waals surface area contributed by atoms with Gasteiger partial charge in [-0.15, -0.1) is 0 Å². The van der Waals surface area contributed by atoms with E-state index in [1.54, 1.807) is 0 Å². The SMILES string of the molecule is C[C@H]1C[C@@H]2[C@H](C[C@@H]1O)C2(C)C. The lowest BCUT2D eigenvalue weighted by atomic mass is 9.88. The molecule has 11 heavy (non-hydrogen) atoms. The summed E-state index contributed by atoms with van der Waals surface area (Å²) >= 11 is 0. The zero-order valence-corrected chi connectivity index (χ0v) is 7.67. The van der Waals surface area contributed by atoms with Crippen LogP contribution in [0.3, 0.4) is 0 Å². The van der Waals surface area contributed by atoms with Crippen molar-refractivity contribution in [2.75, 3.05) is 0 Å². The lowest BCUT2D eigenvalue weighted by Crippen LogP contribution is -2.22. The molecule has 64 valence electrons. The van der Waals surface area contributed by atoms with Crippen LogP contribution in [0, 0.1) is 23.2 Å². The molecule has 2 aliphatic carbocycles. The fourth-order valence-electron chi connectivity index (χ4n) is 2.84. The van der Waals surface area contributed by atoms with Gasteiger partial charge in [-0.2, -0.15) is 0 Å². The Morgan fingerprint density at radius 3 is 2.27 bits per heavy atom. The second-order valence-corrected chi connectivity index (χ2v) is 5.05. The van der Waals surface area contributed by atoms with Gasteiger partial charge < -0.3 is 5.11 Å². The Balaban J connectivity index is 2.07. The standard InChI is InChI=1S/C10H18O/c1-6-4-7-8(5-9(6)11)10(7,2)3/h6-9,11H,4-5H2,1-3H3/t6-,7+,8-,9-/m0/s1. The summed E-state index contributed by atoms with van der Waals surface area (Å²) in [6, 6.07) is 0. The van der Waals surface area contributed by atoms with Crippen molar-refractivity contribution in [2.24, 2.45) is 23.2 Å². The van der Waals surface area contributed by atoms with E-state index < -0.39 is 0 Å². The fourth-order valence-corrected chi connectivity index (χ4v) is 2.84. The molecule has 0 unspecified atom stereocenters. The molecular formula is C10H18O. The second kappa shape index (κ2) is 2.01. The van der Waals surface area contributed by atoms with Crippen LogP contribution >= 0.6 is 0 Å². The quantitative estimate of drug-likeness (QED) is 0.566. The molecule has 0 radical (unpaired) electrons. The van der Waals surface area contributed by atoms with E-state index in [2.05, 4.69) is 20.8 Å². The molecule has 1 N–H and O–H groups in total. The van der Waals surface area contributed by atoms with Crippen LogP contribution in [-0.4, -0.2) is 11.2 Å². The van der Waals surface area contributed by atoms with Crippen LogP contribution in [0.15, 0.2) is 0 Å². The highest BCUT2D eigenvalue weighted by Crippen LogP contribution is 2.65. The first kappa shape index (κ1) is 7.60. The molecule has 0 amide bonds. The van der Waals surface area contributed by atoms with Gasteiger partial charge in [0.15, 0.2) is 0 Å². The van der Waals surface area contributed by atoms with Gasteiger partial charge >= 0.3 is 0 Å². The monoisotopic (exact) mass is 154 g/mol. The molecule has 2 fully saturated rings. The van der Waals surface area contributed by atoms with Gasteiger partial charge in [0, 0.05) is 0 Å². The fraction of sp³-hybridized carbons (Fsp3) is 1.00. The van der Waals surface area contributed by atoms with Gasteiger partial charge in [-0.25, -0.2) is 0 Å². The predicted molar refractivity (Wildman–Crippen MR) is 45.2 cm³/mol. The third-order valence-corrected chi connectivity index (χ3v) is 4.07. The molecular weight excluding hydrogens is 136 g/mol. The number of fused-ring (bicyclic) bond motifs is 1. The molecule has 0 aromatic heterocycles. The average Bonchev–Trinajstić information content (AvgIpc) is 2.39. The van der Waals surface area contributed by atoms with Crippen molar-refractivity contribution in [1.82, 2.24) is 0 Å². The zero-order chi connectivity index (χ0) is 8.22.